The Hall–Kier alpha value is -2.17. The standard InChI is InChI=1S/C27H43F2N3O5/c1-2-3-4-5-6-7-8-9-10-11-12-13-14-15-16-17-23(34)30-22-18-19-32(26(36)31-22)25-27(28,29)24(35)21(20-33)37-25/h9-10,18-19,21,24-25,33,35H,2-8,11-17,20H2,1H3,(H,30,31,34,36)/b10-9+/t21-,24-,25-/m1/s1. The van der Waals surface area contributed by atoms with Crippen molar-refractivity contribution in [2.45, 2.75) is 121 Å². The second kappa shape index (κ2) is 16.6. The fraction of sp³-hybridized carbons (Fsp3) is 0.741. The number of amides is 1. The maximum Gasteiger partial charge on any atom is 0.351 e. The monoisotopic (exact) mass is 527 g/mol. The number of nitrogens with zero attached hydrogens (tertiary/aromatic N) is 2. The second-order valence-electron chi connectivity index (χ2n) is 9.71. The number of unbranched alkanes of at least 4 members (excludes halogenated alkanes) is 11. The number of nitrogens with one attached hydrogen (secondary N) is 1. The van der Waals surface area contributed by atoms with Gasteiger partial charge in [0.2, 0.25) is 12.1 Å². The van der Waals surface area contributed by atoms with E-state index < -0.39 is 36.7 Å². The van der Waals surface area contributed by atoms with Gasteiger partial charge in [0.05, 0.1) is 6.61 Å². The van der Waals surface area contributed by atoms with Gasteiger partial charge in [-0.25, -0.2) is 4.79 Å². The summed E-state index contributed by atoms with van der Waals surface area (Å²) >= 11 is 0. The summed E-state index contributed by atoms with van der Waals surface area (Å²) < 4.78 is 34.0. The molecule has 1 aliphatic heterocycles. The summed E-state index contributed by atoms with van der Waals surface area (Å²) in [6, 6.07) is 1.22. The first-order valence-electron chi connectivity index (χ1n) is 13.7. The van der Waals surface area contributed by atoms with Crippen molar-refractivity contribution >= 4 is 11.7 Å². The van der Waals surface area contributed by atoms with E-state index in [1.54, 1.807) is 0 Å². The fourth-order valence-corrected chi connectivity index (χ4v) is 4.34. The molecule has 0 saturated carbocycles. The number of alkyl halides is 2. The minimum atomic E-state index is -3.78. The first kappa shape index (κ1) is 31.1. The van der Waals surface area contributed by atoms with Gasteiger partial charge in [-0.05, 0) is 38.2 Å². The Morgan fingerprint density at radius 1 is 1.08 bits per heavy atom. The molecule has 0 aromatic carbocycles. The quantitative estimate of drug-likeness (QED) is 0.181. The molecule has 1 fully saturated rings. The van der Waals surface area contributed by atoms with E-state index in [1.807, 2.05) is 0 Å². The van der Waals surface area contributed by atoms with Crippen molar-refractivity contribution in [2.75, 3.05) is 11.9 Å². The van der Waals surface area contributed by atoms with Crippen molar-refractivity contribution in [3.63, 3.8) is 0 Å². The average Bonchev–Trinajstić information content (AvgIpc) is 3.09. The number of allylic oxidation sites excluding steroid dienone is 2. The van der Waals surface area contributed by atoms with Crippen LogP contribution in [0.5, 0.6) is 0 Å². The predicted molar refractivity (Wildman–Crippen MR) is 139 cm³/mol. The lowest BCUT2D eigenvalue weighted by Gasteiger charge is -2.21. The van der Waals surface area contributed by atoms with E-state index in [4.69, 9.17) is 9.84 Å². The number of hydrogen-bond donors (Lipinski definition) is 3. The van der Waals surface area contributed by atoms with Gasteiger partial charge in [0, 0.05) is 12.6 Å². The van der Waals surface area contributed by atoms with E-state index in [-0.39, 0.29) is 18.1 Å². The van der Waals surface area contributed by atoms with Gasteiger partial charge in [0.15, 0.2) is 6.10 Å². The van der Waals surface area contributed by atoms with Gasteiger partial charge in [-0.2, -0.15) is 13.8 Å². The lowest BCUT2D eigenvalue weighted by atomic mass is 10.1. The molecule has 1 aromatic rings. The molecule has 8 nitrogen and oxygen atoms in total. The third-order valence-electron chi connectivity index (χ3n) is 6.58. The molecule has 0 radical (unpaired) electrons. The summed E-state index contributed by atoms with van der Waals surface area (Å²) in [6.07, 6.45) is 15.1. The van der Waals surface area contributed by atoms with Crippen LogP contribution < -0.4 is 11.0 Å². The highest BCUT2D eigenvalue weighted by atomic mass is 19.3. The summed E-state index contributed by atoms with van der Waals surface area (Å²) in [5.74, 6) is -4.13. The number of hydrogen-bond acceptors (Lipinski definition) is 6. The van der Waals surface area contributed by atoms with Crippen LogP contribution in [0.1, 0.15) is 103 Å². The maximum atomic E-state index is 14.2. The molecular weight excluding hydrogens is 484 g/mol. The number of rotatable bonds is 18. The molecule has 1 aliphatic rings. The zero-order chi connectivity index (χ0) is 27.1. The molecule has 10 heteroatoms. The average molecular weight is 528 g/mol. The van der Waals surface area contributed by atoms with Gasteiger partial charge in [0.25, 0.3) is 0 Å². The van der Waals surface area contributed by atoms with Crippen LogP contribution in [0.25, 0.3) is 0 Å². The smallest absolute Gasteiger partial charge is 0.351 e. The van der Waals surface area contributed by atoms with Crippen LogP contribution in [0.2, 0.25) is 0 Å². The van der Waals surface area contributed by atoms with Gasteiger partial charge < -0.3 is 20.3 Å². The summed E-state index contributed by atoms with van der Waals surface area (Å²) in [4.78, 5) is 28.0. The van der Waals surface area contributed by atoms with Crippen molar-refractivity contribution in [1.29, 1.82) is 0 Å². The van der Waals surface area contributed by atoms with E-state index in [0.717, 1.165) is 38.3 Å². The molecule has 1 aromatic heterocycles. The molecule has 2 heterocycles. The van der Waals surface area contributed by atoms with Crippen molar-refractivity contribution in [3.8, 4) is 0 Å². The SMILES string of the molecule is CCCCCCCC/C=C/CCCCCCCC(=O)Nc1ccn([C@@H]2O[C@H](CO)[C@@H](O)C2(F)F)c(=O)n1. The van der Waals surface area contributed by atoms with Crippen molar-refractivity contribution in [1.82, 2.24) is 9.55 Å². The molecule has 210 valence electrons. The zero-order valence-electron chi connectivity index (χ0n) is 21.9. The largest absolute Gasteiger partial charge is 0.394 e. The molecule has 37 heavy (non-hydrogen) atoms. The van der Waals surface area contributed by atoms with Crippen molar-refractivity contribution in [3.05, 3.63) is 34.9 Å². The number of aromatic nitrogens is 2. The van der Waals surface area contributed by atoms with Crippen LogP contribution in [0, 0.1) is 0 Å². The van der Waals surface area contributed by atoms with Crippen LogP contribution in [0.4, 0.5) is 14.6 Å². The molecule has 0 spiro atoms. The Kier molecular flexibility index (Phi) is 14.0. The van der Waals surface area contributed by atoms with Crippen LogP contribution in [-0.2, 0) is 9.53 Å². The zero-order valence-corrected chi connectivity index (χ0v) is 21.9. The minimum absolute atomic E-state index is 0.0421. The van der Waals surface area contributed by atoms with Crippen LogP contribution in [0.3, 0.4) is 0 Å². The Bertz CT molecular complexity index is 893. The summed E-state index contributed by atoms with van der Waals surface area (Å²) in [6.45, 7) is 1.41. The number of aliphatic hydroxyl groups is 2. The number of halogens is 2. The number of aliphatic hydroxyl groups excluding tert-OH is 2. The second-order valence-corrected chi connectivity index (χ2v) is 9.71. The molecule has 0 unspecified atom stereocenters. The normalized spacial score (nSPS) is 21.1. The maximum absolute atomic E-state index is 14.2. The fourth-order valence-electron chi connectivity index (χ4n) is 4.34. The van der Waals surface area contributed by atoms with Crippen molar-refractivity contribution in [2.24, 2.45) is 0 Å². The Labute approximate surface area is 218 Å². The molecule has 2 rings (SSSR count). The van der Waals surface area contributed by atoms with Gasteiger partial charge in [0.1, 0.15) is 11.9 Å². The molecule has 3 N–H and O–H groups in total. The van der Waals surface area contributed by atoms with E-state index >= 15 is 0 Å². The summed E-state index contributed by atoms with van der Waals surface area (Å²) in [7, 11) is 0. The number of anilines is 1. The third-order valence-corrected chi connectivity index (χ3v) is 6.58. The summed E-state index contributed by atoms with van der Waals surface area (Å²) in [5, 5.41) is 21.2. The third kappa shape index (κ3) is 10.2. The minimum Gasteiger partial charge on any atom is -0.394 e. The van der Waals surface area contributed by atoms with Gasteiger partial charge in [-0.1, -0.05) is 70.4 Å². The van der Waals surface area contributed by atoms with Crippen LogP contribution in [-0.4, -0.2) is 50.4 Å². The van der Waals surface area contributed by atoms with E-state index in [1.165, 1.54) is 51.0 Å². The number of ether oxygens (including phenoxy) is 1. The molecule has 1 saturated heterocycles. The van der Waals surface area contributed by atoms with E-state index in [0.29, 0.717) is 11.0 Å². The Morgan fingerprint density at radius 2 is 1.68 bits per heavy atom. The highest BCUT2D eigenvalue weighted by Gasteiger charge is 2.59. The van der Waals surface area contributed by atoms with Crippen LogP contribution in [0.15, 0.2) is 29.2 Å². The molecule has 0 bridgehead atoms. The first-order chi connectivity index (χ1) is 17.8. The summed E-state index contributed by atoms with van der Waals surface area (Å²) in [5.41, 5.74) is -1.06. The van der Waals surface area contributed by atoms with Gasteiger partial charge in [-0.3, -0.25) is 9.36 Å². The van der Waals surface area contributed by atoms with Gasteiger partial charge >= 0.3 is 11.6 Å². The van der Waals surface area contributed by atoms with Gasteiger partial charge in [-0.15, -0.1) is 0 Å². The Morgan fingerprint density at radius 3 is 2.24 bits per heavy atom. The molecule has 0 aliphatic carbocycles. The highest BCUT2D eigenvalue weighted by molar-refractivity contribution is 5.89. The lowest BCUT2D eigenvalue weighted by molar-refractivity contribution is -0.141. The molecule has 3 atom stereocenters. The first-order valence-corrected chi connectivity index (χ1v) is 13.7. The highest BCUT2D eigenvalue weighted by Crippen LogP contribution is 2.41. The predicted octanol–water partition coefficient (Wildman–Crippen LogP) is 5.11. The van der Waals surface area contributed by atoms with E-state index in [9.17, 15) is 23.5 Å². The molecule has 1 amide bonds. The topological polar surface area (TPSA) is 114 Å². The van der Waals surface area contributed by atoms with E-state index in [2.05, 4.69) is 29.4 Å². The Balaban J connectivity index is 1.59. The van der Waals surface area contributed by atoms with Crippen molar-refractivity contribution < 1.29 is 28.5 Å². The lowest BCUT2D eigenvalue weighted by Crippen LogP contribution is -2.41. The number of carbonyl (C=O) groups is 1. The van der Waals surface area contributed by atoms with Crippen LogP contribution >= 0.6 is 0 Å². The number of carbonyl (C=O) groups excluding carboxylic acids is 1. The molecular formula is C27H43F2N3O5.